The molecule has 9 heteroatoms. The maximum absolute atomic E-state index is 11.3. The van der Waals surface area contributed by atoms with Crippen LogP contribution >= 0.6 is 0 Å². The van der Waals surface area contributed by atoms with Crippen molar-refractivity contribution >= 4 is 43.6 Å². The number of aliphatic hydroxyl groups is 1. The van der Waals surface area contributed by atoms with Gasteiger partial charge in [-0.05, 0) is 121 Å². The second-order valence-electron chi connectivity index (χ2n) is 24.7. The highest BCUT2D eigenvalue weighted by Gasteiger charge is 2.50. The summed E-state index contributed by atoms with van der Waals surface area (Å²) in [6.07, 6.45) is 2.57. The van der Waals surface area contributed by atoms with Gasteiger partial charge in [-0.3, -0.25) is 0 Å². The topological polar surface area (TPSA) is 57.2 Å². The van der Waals surface area contributed by atoms with E-state index in [0.29, 0.717) is 12.5 Å². The van der Waals surface area contributed by atoms with Gasteiger partial charge in [-0.2, -0.15) is 0 Å². The highest BCUT2D eigenvalue weighted by atomic mass is 28.4. The minimum Gasteiger partial charge on any atom is -0.417 e. The summed E-state index contributed by atoms with van der Waals surface area (Å²) in [5, 5.41) is 14.1. The Morgan fingerprint density at radius 3 is 1.39 bits per heavy atom. The third-order valence-electron chi connectivity index (χ3n) is 15.0. The zero-order valence-electron chi connectivity index (χ0n) is 45.1. The molecule has 5 nitrogen and oxygen atoms in total. The zero-order chi connectivity index (χ0) is 49.2. The molecule has 1 unspecified atom stereocenters. The summed E-state index contributed by atoms with van der Waals surface area (Å²) in [6.45, 7) is 51.9. The predicted octanol–water partition coefficient (Wildman–Crippen LogP) is 13.8. The minimum atomic E-state index is -2.63. The Labute approximate surface area is 399 Å². The van der Waals surface area contributed by atoms with Crippen molar-refractivity contribution in [3.63, 3.8) is 0 Å². The quantitative estimate of drug-likeness (QED) is 0.0814. The van der Waals surface area contributed by atoms with E-state index in [4.69, 9.17) is 17.7 Å². The first-order valence-corrected chi connectivity index (χ1v) is 35.2. The van der Waals surface area contributed by atoms with E-state index in [2.05, 4.69) is 234 Å². The van der Waals surface area contributed by atoms with Gasteiger partial charge in [-0.1, -0.05) is 181 Å². The monoisotopic (exact) mass is 949 g/mol. The Hall–Kier alpha value is -1.77. The summed E-state index contributed by atoms with van der Waals surface area (Å²) in [6, 6.07) is 21.8. The Morgan fingerprint density at radius 1 is 0.516 bits per heavy atom. The normalized spacial score (nSPS) is 16.9. The van der Waals surface area contributed by atoms with Crippen molar-refractivity contribution in [2.45, 2.75) is 214 Å². The fourth-order valence-electron chi connectivity index (χ4n) is 7.48. The number of benzene rings is 2. The third kappa shape index (κ3) is 16.5. The molecule has 0 saturated carbocycles. The molecule has 2 aromatic carbocycles. The lowest BCUT2D eigenvalue weighted by molar-refractivity contribution is 0.0880. The lowest BCUT2D eigenvalue weighted by atomic mass is 9.90. The third-order valence-corrected chi connectivity index (χ3v) is 33.5. The molecule has 2 aromatic rings. The second kappa shape index (κ2) is 23.5. The van der Waals surface area contributed by atoms with Crippen LogP contribution in [0, 0.1) is 47.4 Å². The van der Waals surface area contributed by atoms with E-state index < -0.39 is 39.4 Å². The molecule has 2 rings (SSSR count). The Balaban J connectivity index is 2.33. The summed E-state index contributed by atoms with van der Waals surface area (Å²) >= 11 is 0. The van der Waals surface area contributed by atoms with Crippen molar-refractivity contribution < 1.29 is 22.8 Å². The molecule has 0 aliphatic carbocycles. The summed E-state index contributed by atoms with van der Waals surface area (Å²) in [5.41, 5.74) is 0. The molecule has 0 bridgehead atoms. The van der Waals surface area contributed by atoms with Crippen molar-refractivity contribution in [2.24, 2.45) is 23.7 Å². The number of hydrogen-bond acceptors (Lipinski definition) is 5. The van der Waals surface area contributed by atoms with E-state index in [0.717, 1.165) is 32.3 Å². The average Bonchev–Trinajstić information content (AvgIpc) is 3.17. The Bertz CT molecular complexity index is 1770. The SMILES string of the molecule is C[C@@H](CC[C@H](O[Si](C)(C)C(C)(C)C)[C@H](C)C#CC(O)C#C[C@H](C)[C@@H](O[Si](C)(C)C(C)(C)C)[C@H](C)CCCO[Si](c1ccccc1)(c1ccccc1)C(C)(C)C)CO[Si](C)(C)C(C)(C)C. The molecule has 0 saturated heterocycles. The van der Waals surface area contributed by atoms with Gasteiger partial charge in [0.25, 0.3) is 8.32 Å². The highest BCUT2D eigenvalue weighted by Crippen LogP contribution is 2.42. The van der Waals surface area contributed by atoms with Crippen LogP contribution in [0.1, 0.15) is 136 Å². The predicted molar refractivity (Wildman–Crippen MR) is 288 cm³/mol. The molecule has 0 aliphatic rings. The van der Waals surface area contributed by atoms with Crippen LogP contribution in [0.2, 0.25) is 59.4 Å². The molecule has 0 fully saturated rings. The van der Waals surface area contributed by atoms with Gasteiger partial charge in [-0.15, -0.1) is 0 Å². The van der Waals surface area contributed by atoms with Crippen LogP contribution < -0.4 is 10.4 Å². The van der Waals surface area contributed by atoms with E-state index in [1.54, 1.807) is 0 Å². The second-order valence-corrected chi connectivity index (χ2v) is 43.3. The molecule has 0 spiro atoms. The first-order chi connectivity index (χ1) is 29.1. The smallest absolute Gasteiger partial charge is 0.261 e. The van der Waals surface area contributed by atoms with Gasteiger partial charge in [-0.25, -0.2) is 0 Å². The Morgan fingerprint density at radius 2 is 0.953 bits per heavy atom. The van der Waals surface area contributed by atoms with Crippen LogP contribution in [0.4, 0.5) is 0 Å². The van der Waals surface area contributed by atoms with E-state index in [-0.39, 0.29) is 50.1 Å². The van der Waals surface area contributed by atoms with Crippen LogP contribution in [-0.2, 0) is 17.7 Å². The fourth-order valence-corrected chi connectivity index (χ4v) is 16.1. The molecular formula is C55H96O5Si4. The average molecular weight is 950 g/mol. The summed E-state index contributed by atoms with van der Waals surface area (Å²) in [7, 11) is -8.68. The van der Waals surface area contributed by atoms with Gasteiger partial charge in [0.05, 0.1) is 12.2 Å². The Kier molecular flexibility index (Phi) is 21.4. The van der Waals surface area contributed by atoms with Crippen molar-refractivity contribution in [1.82, 2.24) is 0 Å². The first-order valence-electron chi connectivity index (χ1n) is 24.5. The van der Waals surface area contributed by atoms with E-state index in [1.165, 1.54) is 10.4 Å². The molecule has 0 radical (unpaired) electrons. The number of hydrogen-bond donors (Lipinski definition) is 1. The molecule has 0 aliphatic heterocycles. The van der Waals surface area contributed by atoms with Gasteiger partial charge in [0, 0.05) is 25.0 Å². The van der Waals surface area contributed by atoms with E-state index in [9.17, 15) is 5.11 Å². The first kappa shape index (κ1) is 58.4. The summed E-state index contributed by atoms with van der Waals surface area (Å²) < 4.78 is 28.2. The van der Waals surface area contributed by atoms with Crippen LogP contribution in [-0.4, -0.2) is 69.9 Å². The summed E-state index contributed by atoms with van der Waals surface area (Å²) in [5.74, 6) is 13.6. The highest BCUT2D eigenvalue weighted by molar-refractivity contribution is 6.99. The summed E-state index contributed by atoms with van der Waals surface area (Å²) in [4.78, 5) is 0. The van der Waals surface area contributed by atoms with Gasteiger partial charge in [0.1, 0.15) is 0 Å². The van der Waals surface area contributed by atoms with Gasteiger partial charge < -0.3 is 22.8 Å². The van der Waals surface area contributed by atoms with E-state index >= 15 is 0 Å². The maximum Gasteiger partial charge on any atom is 0.261 e. The molecule has 7 atom stereocenters. The molecule has 1 N–H and O–H groups in total. The van der Waals surface area contributed by atoms with Crippen molar-refractivity contribution in [2.75, 3.05) is 13.2 Å². The molecular weight excluding hydrogens is 853 g/mol. The van der Waals surface area contributed by atoms with Gasteiger partial charge >= 0.3 is 0 Å². The minimum absolute atomic E-state index is 0.0356. The van der Waals surface area contributed by atoms with Crippen molar-refractivity contribution in [1.29, 1.82) is 0 Å². The van der Waals surface area contributed by atoms with Crippen LogP contribution in [0.15, 0.2) is 60.7 Å². The van der Waals surface area contributed by atoms with Gasteiger partial charge in [0.2, 0.25) is 0 Å². The van der Waals surface area contributed by atoms with Crippen molar-refractivity contribution in [3.05, 3.63) is 60.7 Å². The lowest BCUT2D eigenvalue weighted by Gasteiger charge is -2.43. The lowest BCUT2D eigenvalue weighted by Crippen LogP contribution is -2.66. The van der Waals surface area contributed by atoms with Crippen molar-refractivity contribution in [3.8, 4) is 23.7 Å². The molecule has 64 heavy (non-hydrogen) atoms. The van der Waals surface area contributed by atoms with Gasteiger partial charge in [0.15, 0.2) is 31.1 Å². The zero-order valence-corrected chi connectivity index (χ0v) is 49.1. The molecule has 0 heterocycles. The number of rotatable bonds is 20. The van der Waals surface area contributed by atoms with Crippen LogP contribution in [0.5, 0.6) is 0 Å². The van der Waals surface area contributed by atoms with E-state index in [1.807, 2.05) is 0 Å². The molecule has 362 valence electrons. The standard InChI is InChI=1S/C55H96O5Si4/c1-43(42-58-61(17,18)52(5,6)7)35-40-50(59-62(19,20)53(8,9)10)44(2)36-38-47(56)39-37-46(4)51(60-63(21,22)54(11,12)13)45(3)30-29-41-57-64(55(14,15)16,48-31-25-23-26-32-48)49-33-27-24-28-34-49/h23-28,31-34,43-47,50-51,56H,29-30,35,40-42H2,1-22H3/t43-,44+,45+,46-,47?,50-,51-/m0/s1. The van der Waals surface area contributed by atoms with Crippen LogP contribution in [0.3, 0.4) is 0 Å². The maximum atomic E-state index is 11.3. The van der Waals surface area contributed by atoms with Crippen LogP contribution in [0.25, 0.3) is 0 Å². The number of aliphatic hydroxyl groups excluding tert-OH is 1. The molecule has 0 amide bonds. The largest absolute Gasteiger partial charge is 0.417 e. The fraction of sp³-hybridized carbons (Fsp3) is 0.709. The molecule has 0 aromatic heterocycles.